The molecular formula is C22H34N5O5S+. The highest BCUT2D eigenvalue weighted by Crippen LogP contribution is 2.40. The predicted octanol–water partition coefficient (Wildman–Crippen LogP) is 1.10. The predicted molar refractivity (Wildman–Crippen MR) is 125 cm³/mol. The number of carbonyl (C=O) groups is 3. The molecule has 1 aromatic carbocycles. The minimum atomic E-state index is -3.89. The molecule has 0 spiro atoms. The third-order valence-electron chi connectivity index (χ3n) is 6.83. The maximum Gasteiger partial charge on any atom is 0.328 e. The number of rotatable bonds is 10. The Hall–Kier alpha value is -2.34. The molecule has 0 unspecified atom stereocenters. The first-order valence-electron chi connectivity index (χ1n) is 11.6. The van der Waals surface area contributed by atoms with Gasteiger partial charge in [-0.25, -0.2) is 18.4 Å². The molecule has 0 radical (unpaired) electrons. The number of nitrogens with zero attached hydrogens (tertiary/aromatic N) is 1. The Balaban J connectivity index is 2.04. The molecule has 0 saturated carbocycles. The number of unbranched alkanes of at least 4 members (excludes halogenated alkanes) is 5. The van der Waals surface area contributed by atoms with Crippen molar-refractivity contribution in [1.29, 1.82) is 0 Å². The van der Waals surface area contributed by atoms with Crippen molar-refractivity contribution in [2.75, 3.05) is 26.2 Å². The van der Waals surface area contributed by atoms with E-state index in [1.54, 1.807) is 12.1 Å². The second-order valence-corrected chi connectivity index (χ2v) is 10.4. The Morgan fingerprint density at radius 2 is 1.45 bits per heavy atom. The van der Waals surface area contributed by atoms with Crippen molar-refractivity contribution in [3.63, 3.8) is 0 Å². The Morgan fingerprint density at radius 1 is 0.909 bits per heavy atom. The van der Waals surface area contributed by atoms with Gasteiger partial charge in [-0.15, -0.1) is 0 Å². The van der Waals surface area contributed by atoms with E-state index in [0.29, 0.717) is 38.3 Å². The number of carbonyl (C=O) groups excluding carboxylic acids is 3. The van der Waals surface area contributed by atoms with Gasteiger partial charge in [-0.05, 0) is 18.6 Å². The van der Waals surface area contributed by atoms with Crippen LogP contribution in [0.5, 0.6) is 0 Å². The van der Waals surface area contributed by atoms with Gasteiger partial charge in [-0.2, -0.15) is 0 Å². The Kier molecular flexibility index (Phi) is 7.88. The van der Waals surface area contributed by atoms with Crippen LogP contribution in [0, 0.1) is 0 Å². The molecule has 2 fully saturated rings. The van der Waals surface area contributed by atoms with Crippen LogP contribution in [0.2, 0.25) is 0 Å². The minimum Gasteiger partial charge on any atom is -0.306 e. The van der Waals surface area contributed by atoms with Crippen LogP contribution in [-0.4, -0.2) is 58.0 Å². The second-order valence-electron chi connectivity index (χ2n) is 8.82. The van der Waals surface area contributed by atoms with E-state index in [2.05, 4.69) is 22.9 Å². The number of barbiturate groups is 1. The maximum atomic E-state index is 13.5. The average Bonchev–Trinajstić information content (AvgIpc) is 2.77. The van der Waals surface area contributed by atoms with E-state index < -0.39 is 33.4 Å². The number of nitrogens with one attached hydrogen (secondary N) is 3. The standard InChI is InChI=1S/C22H33N5O5S/c1-2-3-4-5-6-7-12-22(19(28)25-21(30)26-20(22)29)27(15-13-24-14-16-27)17-8-10-18(11-9-17)33(23,31)32/h8-11,24H,2-7,12-16H2,1H3,(H3-,23,25,26,28,29,30,31,32)/p+1. The zero-order chi connectivity index (χ0) is 24.1. The van der Waals surface area contributed by atoms with Crippen LogP contribution in [0.1, 0.15) is 51.9 Å². The van der Waals surface area contributed by atoms with Crippen molar-refractivity contribution < 1.29 is 22.8 Å². The largest absolute Gasteiger partial charge is 0.328 e. The van der Waals surface area contributed by atoms with Crippen molar-refractivity contribution >= 4 is 33.6 Å². The van der Waals surface area contributed by atoms with Crippen LogP contribution in [0.3, 0.4) is 0 Å². The topological polar surface area (TPSA) is 147 Å². The summed E-state index contributed by atoms with van der Waals surface area (Å²) in [4.78, 5) is 38.8. The molecule has 0 atom stereocenters. The van der Waals surface area contributed by atoms with Gasteiger partial charge in [0.05, 0.1) is 18.0 Å². The molecule has 182 valence electrons. The third kappa shape index (κ3) is 4.96. The van der Waals surface area contributed by atoms with Gasteiger partial charge in [0.25, 0.3) is 17.4 Å². The Bertz CT molecular complexity index is 967. The number of primary sulfonamides is 1. The lowest BCUT2D eigenvalue weighted by Crippen LogP contribution is -2.83. The number of urea groups is 1. The van der Waals surface area contributed by atoms with Gasteiger partial charge in [-0.1, -0.05) is 39.0 Å². The highest BCUT2D eigenvalue weighted by molar-refractivity contribution is 7.89. The summed E-state index contributed by atoms with van der Waals surface area (Å²) >= 11 is 0. The summed E-state index contributed by atoms with van der Waals surface area (Å²) in [5, 5.41) is 13.2. The maximum absolute atomic E-state index is 13.5. The number of quaternary nitrogens is 1. The Morgan fingerprint density at radius 3 is 2.00 bits per heavy atom. The zero-order valence-corrected chi connectivity index (χ0v) is 19.9. The first-order valence-corrected chi connectivity index (χ1v) is 13.1. The lowest BCUT2D eigenvalue weighted by Gasteiger charge is -2.53. The fourth-order valence-electron chi connectivity index (χ4n) is 5.10. The van der Waals surface area contributed by atoms with Gasteiger partial charge in [0.15, 0.2) is 0 Å². The summed E-state index contributed by atoms with van der Waals surface area (Å²) in [7, 11) is -3.89. The summed E-state index contributed by atoms with van der Waals surface area (Å²) in [6.07, 6.45) is 6.18. The van der Waals surface area contributed by atoms with Gasteiger partial charge in [0, 0.05) is 31.6 Å². The normalized spacial score (nSPS) is 20.2. The molecule has 5 N–H and O–H groups in total. The van der Waals surface area contributed by atoms with Gasteiger partial charge in [-0.3, -0.25) is 24.7 Å². The molecule has 4 amide bonds. The molecule has 2 saturated heterocycles. The quantitative estimate of drug-likeness (QED) is 0.224. The number of imide groups is 2. The van der Waals surface area contributed by atoms with Gasteiger partial charge >= 0.3 is 6.03 Å². The smallest absolute Gasteiger partial charge is 0.306 e. The Labute approximate surface area is 194 Å². The number of hydrogen-bond donors (Lipinski definition) is 4. The van der Waals surface area contributed by atoms with Gasteiger partial charge in [0.2, 0.25) is 10.0 Å². The minimum absolute atomic E-state index is 0.00477. The van der Waals surface area contributed by atoms with Crippen LogP contribution in [0.25, 0.3) is 0 Å². The molecule has 0 aliphatic carbocycles. The third-order valence-corrected chi connectivity index (χ3v) is 7.76. The van der Waals surface area contributed by atoms with Crippen molar-refractivity contribution in [3.05, 3.63) is 24.3 Å². The highest BCUT2D eigenvalue weighted by Gasteiger charge is 2.65. The fraction of sp³-hybridized carbons (Fsp3) is 0.591. The first kappa shape index (κ1) is 25.3. The van der Waals surface area contributed by atoms with Crippen molar-refractivity contribution in [1.82, 2.24) is 20.4 Å². The molecule has 1 aromatic rings. The van der Waals surface area contributed by atoms with Crippen molar-refractivity contribution in [2.45, 2.75) is 62.3 Å². The molecule has 11 heteroatoms. The molecule has 2 aliphatic heterocycles. The number of sulfonamides is 1. The van der Waals surface area contributed by atoms with Crippen LogP contribution in [-0.2, 0) is 19.6 Å². The van der Waals surface area contributed by atoms with Crippen LogP contribution >= 0.6 is 0 Å². The molecule has 0 aromatic heterocycles. The summed E-state index contributed by atoms with van der Waals surface area (Å²) in [5.41, 5.74) is -0.904. The first-order chi connectivity index (χ1) is 15.7. The van der Waals surface area contributed by atoms with E-state index in [9.17, 15) is 22.8 Å². The van der Waals surface area contributed by atoms with E-state index >= 15 is 0 Å². The number of hydrogen-bond acceptors (Lipinski definition) is 6. The van der Waals surface area contributed by atoms with E-state index in [1.807, 2.05) is 0 Å². The molecule has 3 rings (SSSR count). The molecule has 33 heavy (non-hydrogen) atoms. The van der Waals surface area contributed by atoms with E-state index in [4.69, 9.17) is 5.14 Å². The lowest BCUT2D eigenvalue weighted by molar-refractivity contribution is -0.148. The van der Waals surface area contributed by atoms with Gasteiger partial charge in [0.1, 0.15) is 5.69 Å². The van der Waals surface area contributed by atoms with Crippen LogP contribution in [0.15, 0.2) is 29.2 Å². The van der Waals surface area contributed by atoms with E-state index in [-0.39, 0.29) is 15.8 Å². The summed E-state index contributed by atoms with van der Waals surface area (Å²) < 4.78 is 23.5. The lowest BCUT2D eigenvalue weighted by atomic mass is 9.82. The monoisotopic (exact) mass is 480 g/mol. The second kappa shape index (κ2) is 10.3. The summed E-state index contributed by atoms with van der Waals surface area (Å²) in [6, 6.07) is 5.21. The summed E-state index contributed by atoms with van der Waals surface area (Å²) in [6.45, 7) is 4.12. The molecular weight excluding hydrogens is 446 g/mol. The SMILES string of the molecule is CCCCCCCCC1([N+]2(c3ccc(S(N)(=O)=O)cc3)CCNCC2)C(=O)NC(=O)NC1=O. The average molecular weight is 481 g/mol. The van der Waals surface area contributed by atoms with Gasteiger partial charge < -0.3 is 5.32 Å². The van der Waals surface area contributed by atoms with Crippen molar-refractivity contribution in [2.24, 2.45) is 5.14 Å². The molecule has 0 bridgehead atoms. The highest BCUT2D eigenvalue weighted by atomic mass is 32.2. The fourth-order valence-corrected chi connectivity index (χ4v) is 5.61. The molecule has 2 heterocycles. The molecule has 10 nitrogen and oxygen atoms in total. The summed E-state index contributed by atoms with van der Waals surface area (Å²) in [5.74, 6) is -1.22. The van der Waals surface area contributed by atoms with E-state index in [0.717, 1.165) is 32.1 Å². The van der Waals surface area contributed by atoms with E-state index in [1.165, 1.54) is 12.1 Å². The number of nitrogens with two attached hydrogens (primary N) is 1. The van der Waals surface area contributed by atoms with Crippen molar-refractivity contribution in [3.8, 4) is 0 Å². The zero-order valence-electron chi connectivity index (χ0n) is 19.1. The van der Waals surface area contributed by atoms with Crippen LogP contribution < -0.4 is 25.6 Å². The number of piperazine rings is 1. The molecule has 2 aliphatic rings. The van der Waals surface area contributed by atoms with Crippen LogP contribution in [0.4, 0.5) is 10.5 Å². The number of benzene rings is 1. The number of amides is 4.